The van der Waals surface area contributed by atoms with Crippen LogP contribution in [0.4, 0.5) is 4.39 Å². The number of hydrogen-bond acceptors (Lipinski definition) is 3. The molecule has 1 aromatic heterocycles. The summed E-state index contributed by atoms with van der Waals surface area (Å²) in [6.07, 6.45) is 0.532. The smallest absolute Gasteiger partial charge is 0.262 e. The van der Waals surface area contributed by atoms with Crippen LogP contribution < -0.4 is 5.32 Å². The van der Waals surface area contributed by atoms with Crippen molar-refractivity contribution in [3.05, 3.63) is 62.4 Å². The Kier molecular flexibility index (Phi) is 5.21. The van der Waals surface area contributed by atoms with Crippen molar-refractivity contribution in [2.45, 2.75) is 31.2 Å². The number of carbonyl (C=O) groups is 1. The van der Waals surface area contributed by atoms with Gasteiger partial charge in [0.2, 0.25) is 5.67 Å². The van der Waals surface area contributed by atoms with Gasteiger partial charge in [-0.05, 0) is 31.0 Å². The minimum absolute atomic E-state index is 0.0686. The van der Waals surface area contributed by atoms with Crippen molar-refractivity contribution >= 4 is 40.7 Å². The van der Waals surface area contributed by atoms with Crippen LogP contribution >= 0.6 is 34.8 Å². The third-order valence-electron chi connectivity index (χ3n) is 4.27. The lowest BCUT2D eigenvalue weighted by molar-refractivity contribution is -0.135. The highest BCUT2D eigenvalue weighted by atomic mass is 35.5. The zero-order valence-corrected chi connectivity index (χ0v) is 15.2. The number of aromatic nitrogens is 1. The van der Waals surface area contributed by atoms with Crippen LogP contribution in [-0.2, 0) is 17.0 Å². The Bertz CT molecular complexity index is 834. The maximum atomic E-state index is 15.5. The quantitative estimate of drug-likeness (QED) is 0.749. The van der Waals surface area contributed by atoms with E-state index in [2.05, 4.69) is 10.3 Å². The van der Waals surface area contributed by atoms with Gasteiger partial charge in [0.15, 0.2) is 0 Å². The number of nitrogens with zero attached hydrogens (tertiary/aromatic N) is 1. The molecular weight excluding hydrogens is 390 g/mol. The highest BCUT2D eigenvalue weighted by molar-refractivity contribution is 6.44. The molecule has 2 aromatic rings. The Morgan fingerprint density at radius 1 is 1.32 bits per heavy atom. The zero-order chi connectivity index (χ0) is 18.2. The molecule has 132 valence electrons. The monoisotopic (exact) mass is 402 g/mol. The lowest BCUT2D eigenvalue weighted by atomic mass is 9.81. The minimum atomic E-state index is -2.28. The van der Waals surface area contributed by atoms with Crippen LogP contribution in [-0.4, -0.2) is 16.0 Å². The number of amides is 1. The number of halogens is 4. The molecule has 0 bridgehead atoms. The summed E-state index contributed by atoms with van der Waals surface area (Å²) >= 11 is 18.1. The molecule has 1 heterocycles. The van der Waals surface area contributed by atoms with Gasteiger partial charge in [-0.25, -0.2) is 4.39 Å². The maximum absolute atomic E-state index is 15.5. The van der Waals surface area contributed by atoms with E-state index in [0.717, 1.165) is 0 Å². The number of nitrogens with one attached hydrogen (secondary N) is 1. The topological polar surface area (TPSA) is 62.2 Å². The van der Waals surface area contributed by atoms with Gasteiger partial charge in [-0.3, -0.25) is 9.78 Å². The molecule has 1 amide bonds. The lowest BCUT2D eigenvalue weighted by Gasteiger charge is -2.32. The van der Waals surface area contributed by atoms with Crippen LogP contribution in [0.1, 0.15) is 35.8 Å². The number of hydrogen-bond donors (Lipinski definition) is 2. The van der Waals surface area contributed by atoms with E-state index in [9.17, 15) is 9.90 Å². The first-order valence-electron chi connectivity index (χ1n) is 7.57. The fourth-order valence-corrected chi connectivity index (χ4v) is 3.58. The first-order chi connectivity index (χ1) is 11.8. The highest BCUT2D eigenvalue weighted by Gasteiger charge is 2.46. The number of carbonyl (C=O) groups excluding carboxylic acids is 1. The predicted molar refractivity (Wildman–Crippen MR) is 94.5 cm³/mol. The standard InChI is InChI=1S/C17H14Cl3FN2O2/c18-11-3-4-12(19)14(20)9(11)8-23-16(25)17(21)6-5-13(24)15-10(17)2-1-7-22-15/h1-4,7,13,24H,5-6,8H2,(H,23,25)/t13-,17+/m1/s1. The van der Waals surface area contributed by atoms with Gasteiger partial charge in [-0.15, -0.1) is 0 Å². The van der Waals surface area contributed by atoms with Gasteiger partial charge in [-0.2, -0.15) is 0 Å². The molecule has 0 saturated heterocycles. The summed E-state index contributed by atoms with van der Waals surface area (Å²) in [5.41, 5.74) is -1.60. The molecule has 1 aliphatic carbocycles. The van der Waals surface area contributed by atoms with Gasteiger partial charge < -0.3 is 10.4 Å². The molecule has 0 aliphatic heterocycles. The summed E-state index contributed by atoms with van der Waals surface area (Å²) in [5, 5.41) is 13.3. The van der Waals surface area contributed by atoms with E-state index in [1.165, 1.54) is 18.3 Å². The molecule has 0 fully saturated rings. The summed E-state index contributed by atoms with van der Waals surface area (Å²) in [7, 11) is 0. The second-order valence-electron chi connectivity index (χ2n) is 5.80. The molecule has 1 aromatic carbocycles. The Morgan fingerprint density at radius 2 is 2.04 bits per heavy atom. The molecule has 2 N–H and O–H groups in total. The van der Waals surface area contributed by atoms with E-state index >= 15 is 4.39 Å². The third-order valence-corrected chi connectivity index (χ3v) is 5.47. The average Bonchev–Trinajstić information content (AvgIpc) is 2.61. The number of rotatable bonds is 3. The van der Waals surface area contributed by atoms with Crippen LogP contribution in [0.5, 0.6) is 0 Å². The SMILES string of the molecule is O=C(NCc1c(Cl)ccc(Cl)c1Cl)[C@]1(F)CC[C@@H](O)c2ncccc21. The summed E-state index contributed by atoms with van der Waals surface area (Å²) in [5.74, 6) is -0.833. The first kappa shape index (κ1) is 18.4. The molecule has 2 atom stereocenters. The molecule has 0 radical (unpaired) electrons. The number of alkyl halides is 1. The van der Waals surface area contributed by atoms with Crippen LogP contribution in [0, 0.1) is 0 Å². The molecule has 0 unspecified atom stereocenters. The van der Waals surface area contributed by atoms with Crippen molar-refractivity contribution in [3.8, 4) is 0 Å². The number of fused-ring (bicyclic) bond motifs is 1. The molecular formula is C17H14Cl3FN2O2. The number of benzene rings is 1. The number of aliphatic hydroxyl groups excluding tert-OH is 1. The van der Waals surface area contributed by atoms with Crippen LogP contribution in [0.15, 0.2) is 30.5 Å². The first-order valence-corrected chi connectivity index (χ1v) is 8.71. The molecule has 8 heteroatoms. The molecule has 0 spiro atoms. The van der Waals surface area contributed by atoms with Gasteiger partial charge in [0, 0.05) is 28.9 Å². The normalized spacial score (nSPS) is 22.4. The minimum Gasteiger partial charge on any atom is -0.387 e. The van der Waals surface area contributed by atoms with Gasteiger partial charge in [-0.1, -0.05) is 40.9 Å². The van der Waals surface area contributed by atoms with E-state index in [4.69, 9.17) is 34.8 Å². The number of aliphatic hydroxyl groups is 1. The van der Waals surface area contributed by atoms with E-state index in [1.54, 1.807) is 12.1 Å². The van der Waals surface area contributed by atoms with Crippen molar-refractivity contribution in [1.29, 1.82) is 0 Å². The van der Waals surface area contributed by atoms with E-state index in [1.807, 2.05) is 0 Å². The van der Waals surface area contributed by atoms with Gasteiger partial charge >= 0.3 is 0 Å². The lowest BCUT2D eigenvalue weighted by Crippen LogP contribution is -2.44. The van der Waals surface area contributed by atoms with Crippen molar-refractivity contribution in [2.24, 2.45) is 0 Å². The Balaban J connectivity index is 1.85. The van der Waals surface area contributed by atoms with Gasteiger partial charge in [0.25, 0.3) is 5.91 Å². The van der Waals surface area contributed by atoms with E-state index in [-0.39, 0.29) is 35.7 Å². The van der Waals surface area contributed by atoms with Gasteiger partial charge in [0.05, 0.1) is 21.8 Å². The Labute approximate surface area is 158 Å². The second kappa shape index (κ2) is 7.08. The Hall–Kier alpha value is -1.40. The summed E-state index contributed by atoms with van der Waals surface area (Å²) < 4.78 is 15.5. The van der Waals surface area contributed by atoms with Crippen molar-refractivity contribution in [2.75, 3.05) is 0 Å². The molecule has 0 saturated carbocycles. The highest BCUT2D eigenvalue weighted by Crippen LogP contribution is 2.42. The molecule has 1 aliphatic rings. The summed E-state index contributed by atoms with van der Waals surface area (Å²) in [6.45, 7) is -0.0686. The predicted octanol–water partition coefficient (Wildman–Crippen LogP) is 4.35. The molecule has 3 rings (SSSR count). The van der Waals surface area contributed by atoms with E-state index < -0.39 is 17.7 Å². The van der Waals surface area contributed by atoms with Crippen LogP contribution in [0.25, 0.3) is 0 Å². The fourth-order valence-electron chi connectivity index (χ4n) is 2.90. The Morgan fingerprint density at radius 3 is 2.80 bits per heavy atom. The van der Waals surface area contributed by atoms with E-state index in [0.29, 0.717) is 15.6 Å². The number of pyridine rings is 1. The van der Waals surface area contributed by atoms with Crippen molar-refractivity contribution in [1.82, 2.24) is 10.3 Å². The summed E-state index contributed by atoms with van der Waals surface area (Å²) in [4.78, 5) is 16.6. The molecule has 4 nitrogen and oxygen atoms in total. The van der Waals surface area contributed by atoms with Crippen molar-refractivity contribution in [3.63, 3.8) is 0 Å². The van der Waals surface area contributed by atoms with Crippen LogP contribution in [0.2, 0.25) is 15.1 Å². The van der Waals surface area contributed by atoms with Crippen molar-refractivity contribution < 1.29 is 14.3 Å². The second-order valence-corrected chi connectivity index (χ2v) is 6.99. The van der Waals surface area contributed by atoms with Crippen LogP contribution in [0.3, 0.4) is 0 Å². The zero-order valence-electron chi connectivity index (χ0n) is 12.9. The third kappa shape index (κ3) is 3.34. The molecule has 25 heavy (non-hydrogen) atoms. The summed E-state index contributed by atoms with van der Waals surface area (Å²) in [6, 6.07) is 6.09. The largest absolute Gasteiger partial charge is 0.387 e. The van der Waals surface area contributed by atoms with Gasteiger partial charge in [0.1, 0.15) is 0 Å². The average molecular weight is 404 g/mol. The fraction of sp³-hybridized carbons (Fsp3) is 0.294. The maximum Gasteiger partial charge on any atom is 0.262 e.